The van der Waals surface area contributed by atoms with Crippen molar-refractivity contribution in [2.75, 3.05) is 27.2 Å². The van der Waals surface area contributed by atoms with Crippen molar-refractivity contribution in [2.24, 2.45) is 0 Å². The quantitative estimate of drug-likeness (QED) is 0.832. The maximum absolute atomic E-state index is 12.7. The molecule has 0 saturated carbocycles. The Morgan fingerprint density at radius 3 is 2.19 bits per heavy atom. The van der Waals surface area contributed by atoms with Crippen LogP contribution in [0.25, 0.3) is 5.57 Å². The summed E-state index contributed by atoms with van der Waals surface area (Å²) in [6, 6.07) is 16.3. The molecule has 1 aliphatic rings. The average Bonchev–Trinajstić information content (AvgIpc) is 2.68. The molecule has 0 spiro atoms. The van der Waals surface area contributed by atoms with E-state index in [1.165, 1.54) is 37.4 Å². The van der Waals surface area contributed by atoms with Crippen LogP contribution in [0.1, 0.15) is 22.3 Å². The minimum Gasteiger partial charge on any atom is -0.335 e. The summed E-state index contributed by atoms with van der Waals surface area (Å²) in [5.41, 5.74) is 2.94. The summed E-state index contributed by atoms with van der Waals surface area (Å²) < 4.78 is 25.4. The van der Waals surface area contributed by atoms with E-state index >= 15 is 0 Å². The van der Waals surface area contributed by atoms with Crippen molar-refractivity contribution in [3.63, 3.8) is 0 Å². The average molecular weight is 370 g/mol. The third-order valence-electron chi connectivity index (χ3n) is 4.52. The number of nitrogens with zero attached hydrogens (tertiary/aromatic N) is 2. The van der Waals surface area contributed by atoms with E-state index in [0.29, 0.717) is 18.7 Å². The highest BCUT2D eigenvalue weighted by molar-refractivity contribution is 7.89. The lowest BCUT2D eigenvalue weighted by Gasteiger charge is -2.27. The summed E-state index contributed by atoms with van der Waals surface area (Å²) in [6.45, 7) is 1.21. The molecule has 1 heterocycles. The van der Waals surface area contributed by atoms with Crippen LogP contribution in [0.15, 0.2) is 65.6 Å². The fourth-order valence-corrected chi connectivity index (χ4v) is 3.83. The number of carbonyl (C=O) groups is 1. The van der Waals surface area contributed by atoms with E-state index in [9.17, 15) is 13.2 Å². The Bertz CT molecular complexity index is 917. The predicted octanol–water partition coefficient (Wildman–Crippen LogP) is 2.87. The van der Waals surface area contributed by atoms with Crippen molar-refractivity contribution < 1.29 is 13.2 Å². The van der Waals surface area contributed by atoms with Gasteiger partial charge in [0.15, 0.2) is 0 Å². The predicted molar refractivity (Wildman–Crippen MR) is 102 cm³/mol. The molecule has 0 unspecified atom stereocenters. The molecule has 6 heteroatoms. The lowest BCUT2D eigenvalue weighted by atomic mass is 9.99. The van der Waals surface area contributed by atoms with Crippen LogP contribution in [0.4, 0.5) is 0 Å². The minimum absolute atomic E-state index is 0.0813. The zero-order chi connectivity index (χ0) is 18.7. The highest BCUT2D eigenvalue weighted by atomic mass is 32.2. The molecule has 0 bridgehead atoms. The second-order valence-corrected chi connectivity index (χ2v) is 8.56. The van der Waals surface area contributed by atoms with E-state index in [-0.39, 0.29) is 10.8 Å². The highest BCUT2D eigenvalue weighted by Gasteiger charge is 2.21. The molecule has 1 amide bonds. The molecular weight excluding hydrogens is 348 g/mol. The van der Waals surface area contributed by atoms with E-state index in [1.54, 1.807) is 17.0 Å². The second kappa shape index (κ2) is 7.43. The van der Waals surface area contributed by atoms with E-state index in [2.05, 4.69) is 18.2 Å². The summed E-state index contributed by atoms with van der Waals surface area (Å²) in [6.07, 6.45) is 2.89. The summed E-state index contributed by atoms with van der Waals surface area (Å²) in [4.78, 5) is 14.6. The zero-order valence-corrected chi connectivity index (χ0v) is 15.7. The number of rotatable bonds is 4. The van der Waals surface area contributed by atoms with E-state index < -0.39 is 10.0 Å². The molecule has 0 N–H and O–H groups in total. The van der Waals surface area contributed by atoms with Crippen molar-refractivity contribution >= 4 is 21.5 Å². The molecule has 1 aliphatic heterocycles. The Kier molecular flexibility index (Phi) is 5.25. The van der Waals surface area contributed by atoms with Crippen LogP contribution in [-0.2, 0) is 10.0 Å². The maximum atomic E-state index is 12.7. The maximum Gasteiger partial charge on any atom is 0.254 e. The first-order valence-electron chi connectivity index (χ1n) is 8.46. The van der Waals surface area contributed by atoms with Crippen LogP contribution >= 0.6 is 0 Å². The molecule has 3 rings (SSSR count). The number of hydrogen-bond donors (Lipinski definition) is 0. The van der Waals surface area contributed by atoms with Gasteiger partial charge in [0, 0.05) is 32.7 Å². The van der Waals surface area contributed by atoms with Gasteiger partial charge in [0.25, 0.3) is 5.91 Å². The third-order valence-corrected chi connectivity index (χ3v) is 6.35. The van der Waals surface area contributed by atoms with Crippen molar-refractivity contribution in [3.8, 4) is 0 Å². The monoisotopic (exact) mass is 370 g/mol. The summed E-state index contributed by atoms with van der Waals surface area (Å²) in [7, 11) is -0.513. The smallest absolute Gasteiger partial charge is 0.254 e. The number of benzene rings is 2. The minimum atomic E-state index is -3.48. The van der Waals surface area contributed by atoms with Crippen LogP contribution in [0, 0.1) is 0 Å². The molecule has 136 valence electrons. The SMILES string of the molecule is CN(C)S(=O)(=O)c1ccc(C(=O)N2CC=C(c3ccccc3)CC2)cc1. The molecule has 0 atom stereocenters. The Balaban J connectivity index is 1.72. The van der Waals surface area contributed by atoms with Crippen LogP contribution in [0.5, 0.6) is 0 Å². The van der Waals surface area contributed by atoms with E-state index in [4.69, 9.17) is 0 Å². The molecule has 26 heavy (non-hydrogen) atoms. The van der Waals surface area contributed by atoms with Gasteiger partial charge in [-0.1, -0.05) is 36.4 Å². The van der Waals surface area contributed by atoms with Gasteiger partial charge < -0.3 is 4.90 Å². The van der Waals surface area contributed by atoms with Gasteiger partial charge in [-0.3, -0.25) is 4.79 Å². The summed E-state index contributed by atoms with van der Waals surface area (Å²) >= 11 is 0. The zero-order valence-electron chi connectivity index (χ0n) is 14.9. The van der Waals surface area contributed by atoms with Crippen molar-refractivity contribution in [3.05, 3.63) is 71.8 Å². The Hall–Kier alpha value is -2.44. The van der Waals surface area contributed by atoms with Gasteiger partial charge in [-0.2, -0.15) is 0 Å². The van der Waals surface area contributed by atoms with Crippen LogP contribution in [-0.4, -0.2) is 50.7 Å². The molecule has 2 aromatic rings. The highest BCUT2D eigenvalue weighted by Crippen LogP contribution is 2.23. The standard InChI is InChI=1S/C20H22N2O3S/c1-21(2)26(24,25)19-10-8-18(9-11-19)20(23)22-14-12-17(13-15-22)16-6-4-3-5-7-16/h3-12H,13-15H2,1-2H3. The van der Waals surface area contributed by atoms with Gasteiger partial charge in [0.2, 0.25) is 10.0 Å². The Morgan fingerprint density at radius 1 is 1.00 bits per heavy atom. The van der Waals surface area contributed by atoms with E-state index in [0.717, 1.165) is 10.7 Å². The van der Waals surface area contributed by atoms with Gasteiger partial charge in [0.05, 0.1) is 4.90 Å². The van der Waals surface area contributed by atoms with Gasteiger partial charge >= 0.3 is 0 Å². The van der Waals surface area contributed by atoms with Crippen LogP contribution < -0.4 is 0 Å². The van der Waals surface area contributed by atoms with E-state index in [1.807, 2.05) is 18.2 Å². The molecule has 0 aromatic heterocycles. The first-order valence-corrected chi connectivity index (χ1v) is 9.90. The number of amides is 1. The summed E-state index contributed by atoms with van der Waals surface area (Å²) in [5.74, 6) is -0.0813. The Morgan fingerprint density at radius 2 is 1.65 bits per heavy atom. The van der Waals surface area contributed by atoms with Gasteiger partial charge in [-0.25, -0.2) is 12.7 Å². The first-order chi connectivity index (χ1) is 12.4. The fourth-order valence-electron chi connectivity index (χ4n) is 2.93. The van der Waals surface area contributed by atoms with Crippen molar-refractivity contribution in [2.45, 2.75) is 11.3 Å². The van der Waals surface area contributed by atoms with Crippen LogP contribution in [0.2, 0.25) is 0 Å². The molecule has 5 nitrogen and oxygen atoms in total. The van der Waals surface area contributed by atoms with Crippen LogP contribution in [0.3, 0.4) is 0 Å². The molecule has 0 aliphatic carbocycles. The Labute approximate surface area is 154 Å². The van der Waals surface area contributed by atoms with Gasteiger partial charge in [-0.15, -0.1) is 0 Å². The normalized spacial score (nSPS) is 15.0. The number of carbonyl (C=O) groups excluding carboxylic acids is 1. The largest absolute Gasteiger partial charge is 0.335 e. The molecular formula is C20H22N2O3S. The molecule has 2 aromatic carbocycles. The second-order valence-electron chi connectivity index (χ2n) is 6.41. The topological polar surface area (TPSA) is 57.7 Å². The molecule has 0 fully saturated rings. The number of sulfonamides is 1. The molecule has 0 radical (unpaired) electrons. The van der Waals surface area contributed by atoms with Gasteiger partial charge in [-0.05, 0) is 41.8 Å². The lowest BCUT2D eigenvalue weighted by molar-refractivity contribution is 0.0773. The lowest BCUT2D eigenvalue weighted by Crippen LogP contribution is -2.34. The van der Waals surface area contributed by atoms with Crippen molar-refractivity contribution in [1.82, 2.24) is 9.21 Å². The third kappa shape index (κ3) is 3.71. The van der Waals surface area contributed by atoms with Gasteiger partial charge in [0.1, 0.15) is 0 Å². The van der Waals surface area contributed by atoms with Crippen molar-refractivity contribution in [1.29, 1.82) is 0 Å². The molecule has 0 saturated heterocycles. The fraction of sp³-hybridized carbons (Fsp3) is 0.250. The summed E-state index contributed by atoms with van der Waals surface area (Å²) in [5, 5.41) is 0. The first kappa shape index (κ1) is 18.4. The number of hydrogen-bond acceptors (Lipinski definition) is 3.